The Hall–Kier alpha value is -1.87. The molecular formula is C17H17FO2. The van der Waals surface area contributed by atoms with E-state index in [0.717, 1.165) is 11.3 Å². The quantitative estimate of drug-likeness (QED) is 0.928. The second kappa shape index (κ2) is 4.91. The summed E-state index contributed by atoms with van der Waals surface area (Å²) >= 11 is 0. The highest BCUT2D eigenvalue weighted by molar-refractivity contribution is 5.47. The Morgan fingerprint density at radius 2 is 2.05 bits per heavy atom. The molecule has 0 saturated carbocycles. The first-order chi connectivity index (χ1) is 9.65. The molecule has 2 aromatic carbocycles. The molecule has 3 rings (SSSR count). The van der Waals surface area contributed by atoms with Crippen molar-refractivity contribution in [1.82, 2.24) is 0 Å². The number of ether oxygens (including phenoxy) is 1. The number of hydrogen-bond donors (Lipinski definition) is 1. The minimum Gasteiger partial charge on any atom is -0.494 e. The number of halogens is 1. The van der Waals surface area contributed by atoms with Gasteiger partial charge >= 0.3 is 0 Å². The fourth-order valence-electron chi connectivity index (χ4n) is 2.95. The average molecular weight is 272 g/mol. The van der Waals surface area contributed by atoms with Gasteiger partial charge in [-0.1, -0.05) is 24.3 Å². The summed E-state index contributed by atoms with van der Waals surface area (Å²) in [4.78, 5) is 0. The maximum atomic E-state index is 13.8. The summed E-state index contributed by atoms with van der Waals surface area (Å²) in [5.41, 5.74) is 0.931. The second-order valence-electron chi connectivity index (χ2n) is 5.09. The summed E-state index contributed by atoms with van der Waals surface area (Å²) in [7, 11) is 0. The van der Waals surface area contributed by atoms with Crippen LogP contribution in [0.1, 0.15) is 30.0 Å². The van der Waals surface area contributed by atoms with Gasteiger partial charge in [-0.15, -0.1) is 0 Å². The molecule has 20 heavy (non-hydrogen) atoms. The molecule has 0 bridgehead atoms. The molecule has 0 fully saturated rings. The summed E-state index contributed by atoms with van der Waals surface area (Å²) in [6.07, 6.45) is 1.05. The molecule has 0 spiro atoms. The summed E-state index contributed by atoms with van der Waals surface area (Å²) in [6.45, 7) is 2.49. The summed E-state index contributed by atoms with van der Waals surface area (Å²) in [5, 5.41) is 11.0. The van der Waals surface area contributed by atoms with Gasteiger partial charge in [-0.25, -0.2) is 4.39 Å². The Kier molecular flexibility index (Phi) is 3.22. The van der Waals surface area contributed by atoms with E-state index in [1.165, 1.54) is 6.07 Å². The SMILES string of the molecule is CCOc1cccc(C2(O)CCc3c(F)cccc32)c1. The maximum Gasteiger partial charge on any atom is 0.126 e. The van der Waals surface area contributed by atoms with Gasteiger partial charge in [-0.2, -0.15) is 0 Å². The van der Waals surface area contributed by atoms with Crippen molar-refractivity contribution in [2.45, 2.75) is 25.4 Å². The monoisotopic (exact) mass is 272 g/mol. The van der Waals surface area contributed by atoms with E-state index >= 15 is 0 Å². The third kappa shape index (κ3) is 1.98. The van der Waals surface area contributed by atoms with Crippen molar-refractivity contribution >= 4 is 0 Å². The van der Waals surface area contributed by atoms with Crippen LogP contribution in [0.5, 0.6) is 5.75 Å². The molecule has 0 saturated heterocycles. The molecule has 2 aromatic rings. The highest BCUT2D eigenvalue weighted by Gasteiger charge is 2.39. The van der Waals surface area contributed by atoms with E-state index < -0.39 is 5.60 Å². The van der Waals surface area contributed by atoms with Gasteiger partial charge in [0.1, 0.15) is 17.2 Å². The van der Waals surface area contributed by atoms with Crippen LogP contribution in [0, 0.1) is 5.82 Å². The van der Waals surface area contributed by atoms with E-state index in [2.05, 4.69) is 0 Å². The van der Waals surface area contributed by atoms with Crippen LogP contribution in [-0.4, -0.2) is 11.7 Å². The minimum absolute atomic E-state index is 0.237. The Morgan fingerprint density at radius 3 is 2.85 bits per heavy atom. The largest absolute Gasteiger partial charge is 0.494 e. The van der Waals surface area contributed by atoms with Gasteiger partial charge in [0.2, 0.25) is 0 Å². The summed E-state index contributed by atoms with van der Waals surface area (Å²) < 4.78 is 19.3. The zero-order valence-corrected chi connectivity index (χ0v) is 11.4. The van der Waals surface area contributed by atoms with Crippen LogP contribution in [0.25, 0.3) is 0 Å². The molecule has 0 aliphatic heterocycles. The number of rotatable bonds is 3. The number of benzene rings is 2. The van der Waals surface area contributed by atoms with Gasteiger partial charge in [0.25, 0.3) is 0 Å². The third-order valence-electron chi connectivity index (χ3n) is 3.92. The van der Waals surface area contributed by atoms with Crippen LogP contribution in [0.4, 0.5) is 4.39 Å². The van der Waals surface area contributed by atoms with E-state index in [0.29, 0.717) is 30.6 Å². The third-order valence-corrected chi connectivity index (χ3v) is 3.92. The van der Waals surface area contributed by atoms with Crippen LogP contribution in [0.3, 0.4) is 0 Å². The van der Waals surface area contributed by atoms with Crippen molar-refractivity contribution in [3.8, 4) is 5.75 Å². The summed E-state index contributed by atoms with van der Waals surface area (Å²) in [6, 6.07) is 12.3. The van der Waals surface area contributed by atoms with Crippen LogP contribution in [0.2, 0.25) is 0 Å². The first kappa shape index (κ1) is 13.1. The molecule has 0 heterocycles. The lowest BCUT2D eigenvalue weighted by Gasteiger charge is -2.25. The van der Waals surface area contributed by atoms with Crippen LogP contribution in [-0.2, 0) is 12.0 Å². The molecule has 0 radical (unpaired) electrons. The lowest BCUT2D eigenvalue weighted by atomic mass is 9.88. The Morgan fingerprint density at radius 1 is 1.25 bits per heavy atom. The normalized spacial score (nSPS) is 20.8. The van der Waals surface area contributed by atoms with Gasteiger partial charge in [0.15, 0.2) is 0 Å². The molecule has 0 amide bonds. The van der Waals surface area contributed by atoms with Crippen LogP contribution >= 0.6 is 0 Å². The zero-order valence-electron chi connectivity index (χ0n) is 11.4. The predicted molar refractivity (Wildman–Crippen MR) is 75.3 cm³/mol. The first-order valence-corrected chi connectivity index (χ1v) is 6.88. The van der Waals surface area contributed by atoms with Gasteiger partial charge in [0.05, 0.1) is 6.61 Å². The van der Waals surface area contributed by atoms with E-state index in [9.17, 15) is 9.50 Å². The van der Waals surface area contributed by atoms with E-state index in [1.54, 1.807) is 12.1 Å². The highest BCUT2D eigenvalue weighted by atomic mass is 19.1. The van der Waals surface area contributed by atoms with Gasteiger partial charge in [-0.05, 0) is 54.7 Å². The van der Waals surface area contributed by atoms with Crippen molar-refractivity contribution in [2.24, 2.45) is 0 Å². The standard InChI is InChI=1S/C17H17FO2/c1-2-20-13-6-3-5-12(11-13)17(19)10-9-14-15(17)7-4-8-16(14)18/h3-8,11,19H,2,9-10H2,1H3. The molecule has 104 valence electrons. The maximum absolute atomic E-state index is 13.8. The minimum atomic E-state index is -1.12. The van der Waals surface area contributed by atoms with Gasteiger partial charge < -0.3 is 9.84 Å². The van der Waals surface area contributed by atoms with Crippen molar-refractivity contribution in [1.29, 1.82) is 0 Å². The topological polar surface area (TPSA) is 29.5 Å². The van der Waals surface area contributed by atoms with Crippen molar-refractivity contribution in [3.63, 3.8) is 0 Å². The van der Waals surface area contributed by atoms with Gasteiger partial charge in [0, 0.05) is 0 Å². The van der Waals surface area contributed by atoms with Crippen LogP contribution < -0.4 is 4.74 Å². The first-order valence-electron chi connectivity index (χ1n) is 6.88. The fourth-order valence-corrected chi connectivity index (χ4v) is 2.95. The Bertz CT molecular complexity index is 639. The van der Waals surface area contributed by atoms with Gasteiger partial charge in [-0.3, -0.25) is 0 Å². The van der Waals surface area contributed by atoms with Crippen molar-refractivity contribution in [2.75, 3.05) is 6.61 Å². The smallest absolute Gasteiger partial charge is 0.126 e. The molecular weight excluding hydrogens is 255 g/mol. The molecule has 1 aliphatic carbocycles. The molecule has 2 nitrogen and oxygen atoms in total. The number of aliphatic hydroxyl groups is 1. The van der Waals surface area contributed by atoms with Crippen molar-refractivity contribution < 1.29 is 14.2 Å². The van der Waals surface area contributed by atoms with Crippen LogP contribution in [0.15, 0.2) is 42.5 Å². The molecule has 1 unspecified atom stereocenters. The summed E-state index contributed by atoms with van der Waals surface area (Å²) in [5.74, 6) is 0.489. The molecule has 0 aromatic heterocycles. The molecule has 3 heteroatoms. The lowest BCUT2D eigenvalue weighted by Crippen LogP contribution is -2.23. The number of hydrogen-bond acceptors (Lipinski definition) is 2. The predicted octanol–water partition coefficient (Wildman–Crippen LogP) is 3.41. The Labute approximate surface area is 117 Å². The van der Waals surface area contributed by atoms with E-state index in [-0.39, 0.29) is 5.82 Å². The zero-order chi connectivity index (χ0) is 14.2. The second-order valence-corrected chi connectivity index (χ2v) is 5.09. The highest BCUT2D eigenvalue weighted by Crippen LogP contribution is 2.43. The Balaban J connectivity index is 2.07. The molecule has 1 atom stereocenters. The molecule has 1 N–H and O–H groups in total. The fraction of sp³-hybridized carbons (Fsp3) is 0.294. The lowest BCUT2D eigenvalue weighted by molar-refractivity contribution is 0.0826. The number of fused-ring (bicyclic) bond motifs is 1. The van der Waals surface area contributed by atoms with Crippen molar-refractivity contribution in [3.05, 3.63) is 65.0 Å². The van der Waals surface area contributed by atoms with E-state index in [4.69, 9.17) is 4.74 Å². The average Bonchev–Trinajstić information content (AvgIpc) is 2.80. The molecule has 1 aliphatic rings. The van der Waals surface area contributed by atoms with E-state index in [1.807, 2.05) is 31.2 Å².